The van der Waals surface area contributed by atoms with Crippen LogP contribution in [-0.4, -0.2) is 64.4 Å². The van der Waals surface area contributed by atoms with E-state index in [1.807, 2.05) is 6.92 Å². The van der Waals surface area contributed by atoms with E-state index in [1.54, 1.807) is 24.3 Å². The van der Waals surface area contributed by atoms with Crippen LogP contribution in [0.2, 0.25) is 0 Å². The van der Waals surface area contributed by atoms with E-state index in [0.29, 0.717) is 12.1 Å². The molecule has 2 aliphatic heterocycles. The zero-order chi connectivity index (χ0) is 26.5. The predicted molar refractivity (Wildman–Crippen MR) is 126 cm³/mol. The first-order valence-electron chi connectivity index (χ1n) is 11.5. The van der Waals surface area contributed by atoms with Crippen LogP contribution >= 0.6 is 0 Å². The lowest BCUT2D eigenvalue weighted by Crippen LogP contribution is -2.51. The van der Waals surface area contributed by atoms with E-state index in [2.05, 4.69) is 0 Å². The summed E-state index contributed by atoms with van der Waals surface area (Å²) in [5.74, 6) is -3.69. The van der Waals surface area contributed by atoms with Gasteiger partial charge >= 0.3 is 17.9 Å². The molecule has 11 nitrogen and oxygen atoms in total. The largest absolute Gasteiger partial charge is 0.468 e. The molecule has 1 spiro atoms. The number of benzene rings is 1. The zero-order valence-corrected chi connectivity index (χ0v) is 20.8. The second kappa shape index (κ2) is 11.3. The number of rotatable bonds is 10. The van der Waals surface area contributed by atoms with Gasteiger partial charge in [-0.25, -0.2) is 9.59 Å². The molecule has 1 aromatic rings. The molecule has 0 saturated heterocycles. The van der Waals surface area contributed by atoms with Crippen molar-refractivity contribution in [3.8, 4) is 0 Å². The monoisotopic (exact) mass is 502 g/mol. The topological polar surface area (TPSA) is 144 Å². The van der Waals surface area contributed by atoms with Gasteiger partial charge in [0.2, 0.25) is 11.8 Å². The number of hydrogen-bond acceptors (Lipinski definition) is 10. The molecule has 1 amide bonds. The molecule has 194 valence electrons. The summed E-state index contributed by atoms with van der Waals surface area (Å²) in [5.41, 5.74) is 4.10. The average molecular weight is 503 g/mol. The first-order chi connectivity index (χ1) is 17.2. The van der Waals surface area contributed by atoms with E-state index in [1.165, 1.54) is 21.1 Å². The van der Waals surface area contributed by atoms with Gasteiger partial charge in [-0.2, -0.15) is 0 Å². The van der Waals surface area contributed by atoms with E-state index in [9.17, 15) is 19.2 Å². The van der Waals surface area contributed by atoms with E-state index >= 15 is 0 Å². The Hall–Kier alpha value is -3.86. The van der Waals surface area contributed by atoms with Crippen LogP contribution in [-0.2, 0) is 48.3 Å². The highest BCUT2D eigenvalue weighted by molar-refractivity contribution is 6.23. The maximum absolute atomic E-state index is 14.3. The fraction of sp³-hybridized carbons (Fsp3) is 0.440. The number of allylic oxidation sites excluding steroid dienone is 1. The summed E-state index contributed by atoms with van der Waals surface area (Å²) < 4.78 is 26.1. The third-order valence-electron chi connectivity index (χ3n) is 5.95. The van der Waals surface area contributed by atoms with Crippen molar-refractivity contribution in [2.75, 3.05) is 45.5 Å². The van der Waals surface area contributed by atoms with Gasteiger partial charge in [0.1, 0.15) is 35.5 Å². The number of esters is 3. The quantitative estimate of drug-likeness (QED) is 0.284. The number of nitrogens with zero attached hydrogens (tertiary/aromatic N) is 1. The number of unbranched alkanes of at least 4 members (excludes halogenated alkanes) is 1. The molecule has 2 aliphatic rings. The summed E-state index contributed by atoms with van der Waals surface area (Å²) in [6.45, 7) is 2.97. The fourth-order valence-electron chi connectivity index (χ4n) is 4.35. The van der Waals surface area contributed by atoms with Crippen molar-refractivity contribution in [1.82, 2.24) is 0 Å². The van der Waals surface area contributed by atoms with Gasteiger partial charge in [0, 0.05) is 18.4 Å². The predicted octanol–water partition coefficient (Wildman–Crippen LogP) is 1.45. The maximum Gasteiger partial charge on any atom is 0.341 e. The molecule has 2 heterocycles. The van der Waals surface area contributed by atoms with Crippen LogP contribution < -0.4 is 10.6 Å². The van der Waals surface area contributed by atoms with Crippen molar-refractivity contribution >= 4 is 29.5 Å². The molecule has 1 atom stereocenters. The zero-order valence-electron chi connectivity index (χ0n) is 20.8. The minimum Gasteiger partial charge on any atom is -0.468 e. The Bertz CT molecular complexity index is 1080. The third kappa shape index (κ3) is 4.53. The van der Waals surface area contributed by atoms with Crippen molar-refractivity contribution in [2.24, 2.45) is 5.73 Å². The Morgan fingerprint density at radius 1 is 1.03 bits per heavy atom. The smallest absolute Gasteiger partial charge is 0.341 e. The fourth-order valence-corrected chi connectivity index (χ4v) is 4.35. The minimum absolute atomic E-state index is 0.0249. The highest BCUT2D eigenvalue weighted by Crippen LogP contribution is 2.54. The van der Waals surface area contributed by atoms with Gasteiger partial charge in [-0.15, -0.1) is 0 Å². The van der Waals surface area contributed by atoms with Crippen LogP contribution in [0.1, 0.15) is 32.3 Å². The number of methoxy groups -OCH3 is 2. The Labute approximate surface area is 208 Å². The molecule has 1 aromatic carbocycles. The number of para-hydroxylation sites is 1. The minimum atomic E-state index is -2.06. The summed E-state index contributed by atoms with van der Waals surface area (Å²) in [6, 6.07) is 6.48. The summed E-state index contributed by atoms with van der Waals surface area (Å²) in [5, 5.41) is 0. The van der Waals surface area contributed by atoms with Gasteiger partial charge in [-0.05, 0) is 19.4 Å². The maximum atomic E-state index is 14.3. The lowest BCUT2D eigenvalue weighted by atomic mass is 9.67. The molecule has 1 unspecified atom stereocenters. The van der Waals surface area contributed by atoms with Crippen LogP contribution in [0, 0.1) is 0 Å². The highest BCUT2D eigenvalue weighted by Gasteiger charge is 2.64. The van der Waals surface area contributed by atoms with Crippen LogP contribution in [0.5, 0.6) is 0 Å². The number of ether oxygens (including phenoxy) is 5. The second-order valence-electron chi connectivity index (χ2n) is 8.13. The lowest BCUT2D eigenvalue weighted by molar-refractivity contribution is -0.144. The van der Waals surface area contributed by atoms with Gasteiger partial charge in [-0.1, -0.05) is 31.5 Å². The van der Waals surface area contributed by atoms with Gasteiger partial charge < -0.3 is 29.4 Å². The third-order valence-corrected chi connectivity index (χ3v) is 5.95. The Morgan fingerprint density at radius 2 is 1.69 bits per heavy atom. The molecule has 3 rings (SSSR count). The normalized spacial score (nSPS) is 18.8. The Kier molecular flexibility index (Phi) is 8.36. The first kappa shape index (κ1) is 26.7. The van der Waals surface area contributed by atoms with Crippen molar-refractivity contribution in [3.63, 3.8) is 0 Å². The number of nitrogens with two attached hydrogens (primary N) is 1. The summed E-state index contributed by atoms with van der Waals surface area (Å²) in [4.78, 5) is 54.5. The number of hydrogen-bond donors (Lipinski definition) is 1. The number of amides is 1. The Morgan fingerprint density at radius 3 is 2.36 bits per heavy atom. The SMILES string of the molecule is CCCCOC(=O)C1=C(N)OC(C)=C(C(=O)OCCOC)C12C(=O)N(CC(=O)OC)c1ccccc12. The molecular formula is C25H30N2O9. The summed E-state index contributed by atoms with van der Waals surface area (Å²) in [7, 11) is 2.63. The highest BCUT2D eigenvalue weighted by atomic mass is 16.6. The van der Waals surface area contributed by atoms with Gasteiger partial charge in [-0.3, -0.25) is 14.5 Å². The van der Waals surface area contributed by atoms with Crippen LogP contribution in [0.3, 0.4) is 0 Å². The molecule has 11 heteroatoms. The summed E-state index contributed by atoms with van der Waals surface area (Å²) >= 11 is 0. The molecule has 0 saturated carbocycles. The molecule has 0 aromatic heterocycles. The van der Waals surface area contributed by atoms with Crippen molar-refractivity contribution < 1.29 is 42.9 Å². The molecule has 0 fully saturated rings. The van der Waals surface area contributed by atoms with Crippen molar-refractivity contribution in [1.29, 1.82) is 0 Å². The number of fused-ring (bicyclic) bond motifs is 2. The number of anilines is 1. The van der Waals surface area contributed by atoms with Crippen LogP contribution in [0.25, 0.3) is 0 Å². The molecule has 2 N–H and O–H groups in total. The van der Waals surface area contributed by atoms with E-state index in [0.717, 1.165) is 11.3 Å². The van der Waals surface area contributed by atoms with Crippen LogP contribution in [0.15, 0.2) is 47.1 Å². The standard InChI is InChI=1S/C25H30N2O9/c1-5-6-11-34-23(30)20-21(26)36-15(2)19(22(29)35-13-12-32-3)25(20)16-9-7-8-10-17(16)27(24(25)31)14-18(28)33-4/h7-10H,5-6,11-14,26H2,1-4H3. The molecule has 0 radical (unpaired) electrons. The first-order valence-corrected chi connectivity index (χ1v) is 11.5. The van der Waals surface area contributed by atoms with E-state index in [4.69, 9.17) is 29.4 Å². The lowest BCUT2D eigenvalue weighted by Gasteiger charge is -2.36. The van der Waals surface area contributed by atoms with Crippen molar-refractivity contribution in [2.45, 2.75) is 32.1 Å². The Balaban J connectivity index is 2.27. The molecular weight excluding hydrogens is 472 g/mol. The molecule has 36 heavy (non-hydrogen) atoms. The van der Waals surface area contributed by atoms with E-state index in [-0.39, 0.29) is 48.2 Å². The average Bonchev–Trinajstić information content (AvgIpc) is 3.07. The second-order valence-corrected chi connectivity index (χ2v) is 8.13. The molecule has 0 aliphatic carbocycles. The number of carbonyl (C=O) groups is 4. The van der Waals surface area contributed by atoms with Gasteiger partial charge in [0.05, 0.1) is 20.3 Å². The molecule has 0 bridgehead atoms. The van der Waals surface area contributed by atoms with Crippen molar-refractivity contribution in [3.05, 3.63) is 52.6 Å². The van der Waals surface area contributed by atoms with Gasteiger partial charge in [0.25, 0.3) is 0 Å². The van der Waals surface area contributed by atoms with Gasteiger partial charge in [0.15, 0.2) is 0 Å². The number of carbonyl (C=O) groups excluding carboxylic acids is 4. The van der Waals surface area contributed by atoms with Crippen LogP contribution in [0.4, 0.5) is 5.69 Å². The van der Waals surface area contributed by atoms with E-state index < -0.39 is 35.8 Å². The summed E-state index contributed by atoms with van der Waals surface area (Å²) in [6.07, 6.45) is 1.33.